The van der Waals surface area contributed by atoms with Gasteiger partial charge in [-0.25, -0.2) is 0 Å². The minimum absolute atomic E-state index is 0.187. The summed E-state index contributed by atoms with van der Waals surface area (Å²) in [6.07, 6.45) is -4.17. The zero-order chi connectivity index (χ0) is 18.1. The topological polar surface area (TPSA) is 162 Å². The average Bonchev–Trinajstić information content (AvgIpc) is 2.38. The molecule has 4 atom stereocenters. The number of aliphatic hydroxyl groups excluding tert-OH is 1. The Morgan fingerprint density at radius 3 is 1.65 bits per heavy atom. The fourth-order valence-corrected chi connectivity index (χ4v) is 3.89. The molecule has 2 N–H and O–H groups in total. The Bertz CT molecular complexity index is 713. The first-order chi connectivity index (χ1) is 10.2. The van der Waals surface area contributed by atoms with Crippen molar-refractivity contribution in [1.29, 1.82) is 0 Å². The first-order valence-electron chi connectivity index (χ1n) is 6.21. The fraction of sp³-hybridized carbons (Fsp3) is 1.00. The van der Waals surface area contributed by atoms with Crippen LogP contribution in [-0.2, 0) is 42.9 Å². The van der Waals surface area contributed by atoms with E-state index in [0.717, 1.165) is 6.26 Å². The van der Waals surface area contributed by atoms with Crippen molar-refractivity contribution in [3.8, 4) is 0 Å². The minimum Gasteiger partial charge on any atom is -0.389 e. The standard InChI is InChI=1S/C9H19NO10S3/c1-21(12,13)18-7-5-10-4-6(11)8(19-22(2,14)15)9(7)20-23(3,16)17/h6-11H,4-5H2,1-3H3/t6-,7-,8-,9-/m1/s1. The van der Waals surface area contributed by atoms with E-state index in [1.807, 2.05) is 0 Å². The van der Waals surface area contributed by atoms with Gasteiger partial charge >= 0.3 is 0 Å². The van der Waals surface area contributed by atoms with Gasteiger partial charge in [-0.1, -0.05) is 0 Å². The molecule has 0 amide bonds. The number of aliphatic hydroxyl groups is 1. The molecule has 1 aliphatic rings. The van der Waals surface area contributed by atoms with Crippen LogP contribution in [0.2, 0.25) is 0 Å². The summed E-state index contributed by atoms with van der Waals surface area (Å²) in [5.74, 6) is 0. The number of nitrogens with one attached hydrogen (secondary N) is 1. The van der Waals surface area contributed by atoms with Gasteiger partial charge in [0.25, 0.3) is 30.4 Å². The van der Waals surface area contributed by atoms with Crippen LogP contribution in [0.15, 0.2) is 0 Å². The Morgan fingerprint density at radius 1 is 0.783 bits per heavy atom. The summed E-state index contributed by atoms with van der Waals surface area (Å²) in [5.41, 5.74) is 0. The van der Waals surface area contributed by atoms with Crippen molar-refractivity contribution in [2.24, 2.45) is 0 Å². The van der Waals surface area contributed by atoms with E-state index in [9.17, 15) is 30.4 Å². The molecule has 14 heteroatoms. The van der Waals surface area contributed by atoms with Gasteiger partial charge in [0, 0.05) is 13.1 Å². The summed E-state index contributed by atoms with van der Waals surface area (Å²) in [6.45, 7) is -0.401. The molecule has 1 heterocycles. The van der Waals surface area contributed by atoms with Crippen LogP contribution in [0.5, 0.6) is 0 Å². The van der Waals surface area contributed by atoms with Crippen LogP contribution in [-0.4, -0.2) is 86.6 Å². The van der Waals surface area contributed by atoms with Crippen LogP contribution < -0.4 is 5.32 Å². The summed E-state index contributed by atoms with van der Waals surface area (Å²) >= 11 is 0. The van der Waals surface area contributed by atoms with Crippen LogP contribution in [0, 0.1) is 0 Å². The zero-order valence-corrected chi connectivity index (χ0v) is 15.0. The second kappa shape index (κ2) is 7.26. The van der Waals surface area contributed by atoms with Gasteiger partial charge in [-0.3, -0.25) is 12.5 Å². The molecule has 0 bridgehead atoms. The third-order valence-electron chi connectivity index (χ3n) is 2.64. The predicted octanol–water partition coefficient (Wildman–Crippen LogP) is -3.02. The molecule has 138 valence electrons. The van der Waals surface area contributed by atoms with E-state index in [-0.39, 0.29) is 13.1 Å². The maximum atomic E-state index is 11.4. The summed E-state index contributed by atoms with van der Waals surface area (Å²) < 4.78 is 82.3. The van der Waals surface area contributed by atoms with Crippen LogP contribution in [0.25, 0.3) is 0 Å². The Kier molecular flexibility index (Phi) is 6.54. The van der Waals surface area contributed by atoms with Gasteiger partial charge in [0.2, 0.25) is 0 Å². The second-order valence-electron chi connectivity index (χ2n) is 5.09. The van der Waals surface area contributed by atoms with E-state index < -0.39 is 54.8 Å². The normalized spacial score (nSPS) is 30.8. The van der Waals surface area contributed by atoms with Gasteiger partial charge in [-0.2, -0.15) is 25.3 Å². The molecule has 23 heavy (non-hydrogen) atoms. The van der Waals surface area contributed by atoms with E-state index >= 15 is 0 Å². The van der Waals surface area contributed by atoms with E-state index in [1.165, 1.54) is 0 Å². The Morgan fingerprint density at radius 2 is 1.22 bits per heavy atom. The molecular formula is C9H19NO10S3. The Hall–Kier alpha value is -0.350. The maximum Gasteiger partial charge on any atom is 0.264 e. The molecule has 1 saturated heterocycles. The second-order valence-corrected chi connectivity index (χ2v) is 9.90. The van der Waals surface area contributed by atoms with Gasteiger partial charge in [-0.15, -0.1) is 0 Å². The maximum absolute atomic E-state index is 11.4. The van der Waals surface area contributed by atoms with Crippen LogP contribution >= 0.6 is 0 Å². The quantitative estimate of drug-likeness (QED) is 0.439. The highest BCUT2D eigenvalue weighted by Gasteiger charge is 2.44. The predicted molar refractivity (Wildman–Crippen MR) is 78.0 cm³/mol. The SMILES string of the molecule is CS(=O)(=O)O[C@H]1[C@H](OS(C)(=O)=O)[C@H](OS(C)(=O)=O)CNC[C@H]1O. The van der Waals surface area contributed by atoms with Crippen molar-refractivity contribution in [2.75, 3.05) is 31.9 Å². The van der Waals surface area contributed by atoms with Gasteiger partial charge in [-0.05, 0) is 0 Å². The Labute approximate surface area is 135 Å². The summed E-state index contributed by atoms with van der Waals surface area (Å²) in [5, 5.41) is 12.6. The van der Waals surface area contributed by atoms with Crippen molar-refractivity contribution in [3.63, 3.8) is 0 Å². The van der Waals surface area contributed by atoms with E-state index in [2.05, 4.69) is 5.32 Å². The lowest BCUT2D eigenvalue weighted by molar-refractivity contribution is -0.0514. The lowest BCUT2D eigenvalue weighted by atomic mass is 10.1. The van der Waals surface area contributed by atoms with Crippen LogP contribution in [0.4, 0.5) is 0 Å². The number of hydrogen-bond donors (Lipinski definition) is 2. The molecule has 0 aliphatic carbocycles. The first-order valence-corrected chi connectivity index (χ1v) is 11.7. The molecule has 0 unspecified atom stereocenters. The molecular weight excluding hydrogens is 378 g/mol. The van der Waals surface area contributed by atoms with Crippen molar-refractivity contribution < 1.29 is 42.9 Å². The van der Waals surface area contributed by atoms with Crippen molar-refractivity contribution in [1.82, 2.24) is 5.32 Å². The number of hydrogen-bond acceptors (Lipinski definition) is 11. The number of β-amino-alcohol motifs (C(OH)–C–C–N with tert-alkyl or cyclic N) is 1. The molecule has 0 saturated carbocycles. The van der Waals surface area contributed by atoms with Gasteiger partial charge in [0.05, 0.1) is 24.9 Å². The molecule has 0 aromatic heterocycles. The summed E-state index contributed by atoms with van der Waals surface area (Å²) in [4.78, 5) is 0. The van der Waals surface area contributed by atoms with Gasteiger partial charge < -0.3 is 10.4 Å². The lowest BCUT2D eigenvalue weighted by Gasteiger charge is -2.30. The Balaban J connectivity index is 3.27. The molecule has 0 spiro atoms. The minimum atomic E-state index is -4.13. The summed E-state index contributed by atoms with van der Waals surface area (Å²) in [6, 6.07) is 0. The molecule has 0 aromatic carbocycles. The molecule has 1 rings (SSSR count). The highest BCUT2D eigenvalue weighted by Crippen LogP contribution is 2.22. The fourth-order valence-electron chi connectivity index (χ4n) is 1.99. The highest BCUT2D eigenvalue weighted by atomic mass is 32.2. The highest BCUT2D eigenvalue weighted by molar-refractivity contribution is 7.86. The monoisotopic (exact) mass is 397 g/mol. The van der Waals surface area contributed by atoms with E-state index in [0.29, 0.717) is 12.5 Å². The van der Waals surface area contributed by atoms with Crippen molar-refractivity contribution in [3.05, 3.63) is 0 Å². The third-order valence-corrected chi connectivity index (χ3v) is 4.38. The largest absolute Gasteiger partial charge is 0.389 e. The molecule has 1 aliphatic heterocycles. The molecule has 1 fully saturated rings. The van der Waals surface area contributed by atoms with Gasteiger partial charge in [0.15, 0.2) is 0 Å². The third kappa shape index (κ3) is 7.84. The number of rotatable bonds is 6. The van der Waals surface area contributed by atoms with Crippen LogP contribution in [0.3, 0.4) is 0 Å². The van der Waals surface area contributed by atoms with E-state index in [4.69, 9.17) is 12.5 Å². The average molecular weight is 397 g/mol. The smallest absolute Gasteiger partial charge is 0.264 e. The van der Waals surface area contributed by atoms with Crippen molar-refractivity contribution in [2.45, 2.75) is 24.4 Å². The molecule has 11 nitrogen and oxygen atoms in total. The molecule has 0 aromatic rings. The molecule has 0 radical (unpaired) electrons. The van der Waals surface area contributed by atoms with Gasteiger partial charge in [0.1, 0.15) is 18.3 Å². The van der Waals surface area contributed by atoms with E-state index in [1.54, 1.807) is 0 Å². The van der Waals surface area contributed by atoms with Crippen LogP contribution in [0.1, 0.15) is 0 Å². The lowest BCUT2D eigenvalue weighted by Crippen LogP contribution is -2.50. The summed E-state index contributed by atoms with van der Waals surface area (Å²) in [7, 11) is -12.2. The zero-order valence-electron chi connectivity index (χ0n) is 12.6. The van der Waals surface area contributed by atoms with Crippen molar-refractivity contribution >= 4 is 30.4 Å². The first kappa shape index (κ1) is 20.7.